The Balaban J connectivity index is 3.76. The molecule has 0 rings (SSSR count). The first-order chi connectivity index (χ1) is 9.47. The number of hydrogen-bond donors (Lipinski definition) is 3. The fourth-order valence-corrected chi connectivity index (χ4v) is 1.97. The number of ether oxygens (including phenoxy) is 1. The van der Waals surface area contributed by atoms with Crippen molar-refractivity contribution in [2.24, 2.45) is 11.8 Å². The maximum Gasteiger partial charge on any atom is 0.314 e. The Morgan fingerprint density at radius 1 is 1.15 bits per heavy atom. The Kier molecular flexibility index (Phi) is 10.8. The summed E-state index contributed by atoms with van der Waals surface area (Å²) >= 11 is 0. The van der Waals surface area contributed by atoms with Gasteiger partial charge >= 0.3 is 12.0 Å². The number of methoxy groups -OCH3 is 1. The van der Waals surface area contributed by atoms with Crippen molar-refractivity contribution in [1.82, 2.24) is 10.6 Å². The standard InChI is InChI=1S/C14H28N2O4/c1-11(2)12(5-6-13(17)18)7-9-16-14(19)15-8-4-10-20-3/h11-12H,4-10H2,1-3H3,(H,17,18)(H2,15,16,19). The van der Waals surface area contributed by atoms with Crippen LogP contribution in [0.4, 0.5) is 4.79 Å². The molecule has 0 fully saturated rings. The fourth-order valence-electron chi connectivity index (χ4n) is 1.97. The van der Waals surface area contributed by atoms with Crippen LogP contribution in [-0.4, -0.2) is 43.9 Å². The van der Waals surface area contributed by atoms with Crippen molar-refractivity contribution >= 4 is 12.0 Å². The lowest BCUT2D eigenvalue weighted by molar-refractivity contribution is -0.137. The van der Waals surface area contributed by atoms with Crippen LogP contribution in [0.25, 0.3) is 0 Å². The lowest BCUT2D eigenvalue weighted by atomic mass is 9.88. The number of amides is 2. The number of carbonyl (C=O) groups is 2. The van der Waals surface area contributed by atoms with E-state index in [2.05, 4.69) is 24.5 Å². The molecule has 0 aliphatic heterocycles. The van der Waals surface area contributed by atoms with Gasteiger partial charge in [0.15, 0.2) is 0 Å². The monoisotopic (exact) mass is 288 g/mol. The van der Waals surface area contributed by atoms with Crippen molar-refractivity contribution in [3.63, 3.8) is 0 Å². The molecular formula is C14H28N2O4. The van der Waals surface area contributed by atoms with Gasteiger partial charge in [-0.05, 0) is 31.1 Å². The molecule has 0 aliphatic rings. The van der Waals surface area contributed by atoms with Gasteiger partial charge in [-0.25, -0.2) is 4.79 Å². The summed E-state index contributed by atoms with van der Waals surface area (Å²) in [5.74, 6) is -0.0275. The average molecular weight is 288 g/mol. The van der Waals surface area contributed by atoms with Gasteiger partial charge in [0.25, 0.3) is 0 Å². The molecular weight excluding hydrogens is 260 g/mol. The molecule has 0 aromatic heterocycles. The topological polar surface area (TPSA) is 87.7 Å². The lowest BCUT2D eigenvalue weighted by Gasteiger charge is -2.20. The van der Waals surface area contributed by atoms with E-state index in [9.17, 15) is 9.59 Å². The van der Waals surface area contributed by atoms with Crippen LogP contribution in [0.15, 0.2) is 0 Å². The van der Waals surface area contributed by atoms with E-state index in [1.165, 1.54) is 0 Å². The quantitative estimate of drug-likeness (QED) is 0.506. The van der Waals surface area contributed by atoms with E-state index in [-0.39, 0.29) is 12.5 Å². The van der Waals surface area contributed by atoms with Crippen LogP contribution in [0.2, 0.25) is 0 Å². The number of nitrogens with one attached hydrogen (secondary N) is 2. The molecule has 0 aromatic carbocycles. The highest BCUT2D eigenvalue weighted by Gasteiger charge is 2.15. The Bertz CT molecular complexity index is 282. The van der Waals surface area contributed by atoms with E-state index in [0.29, 0.717) is 38.0 Å². The maximum atomic E-state index is 11.5. The normalized spacial score (nSPS) is 12.2. The molecule has 0 aromatic rings. The minimum absolute atomic E-state index is 0.179. The van der Waals surface area contributed by atoms with Gasteiger partial charge in [0.05, 0.1) is 0 Å². The predicted molar refractivity (Wildman–Crippen MR) is 77.7 cm³/mol. The Hall–Kier alpha value is -1.30. The largest absolute Gasteiger partial charge is 0.481 e. The smallest absolute Gasteiger partial charge is 0.314 e. The molecule has 0 heterocycles. The van der Waals surface area contributed by atoms with Crippen LogP contribution < -0.4 is 10.6 Å². The molecule has 1 atom stereocenters. The van der Waals surface area contributed by atoms with Crippen LogP contribution in [-0.2, 0) is 9.53 Å². The van der Waals surface area contributed by atoms with Crippen molar-refractivity contribution in [3.8, 4) is 0 Å². The molecule has 118 valence electrons. The van der Waals surface area contributed by atoms with Crippen LogP contribution in [0, 0.1) is 11.8 Å². The summed E-state index contributed by atoms with van der Waals surface area (Å²) in [6.45, 7) is 5.95. The number of urea groups is 1. The second-order valence-electron chi connectivity index (χ2n) is 5.25. The van der Waals surface area contributed by atoms with Crippen LogP contribution in [0.5, 0.6) is 0 Å². The summed E-state index contributed by atoms with van der Waals surface area (Å²) in [6, 6.07) is -0.179. The van der Waals surface area contributed by atoms with Gasteiger partial charge in [-0.2, -0.15) is 0 Å². The Morgan fingerprint density at radius 2 is 1.80 bits per heavy atom. The number of carboxylic acids is 1. The second kappa shape index (κ2) is 11.5. The summed E-state index contributed by atoms with van der Waals surface area (Å²) in [4.78, 5) is 22.1. The third kappa shape index (κ3) is 10.6. The van der Waals surface area contributed by atoms with Crippen LogP contribution >= 0.6 is 0 Å². The van der Waals surface area contributed by atoms with E-state index in [1.807, 2.05) is 0 Å². The minimum Gasteiger partial charge on any atom is -0.481 e. The molecule has 6 nitrogen and oxygen atoms in total. The first kappa shape index (κ1) is 18.7. The molecule has 6 heteroatoms. The molecule has 3 N–H and O–H groups in total. The van der Waals surface area contributed by atoms with Crippen molar-refractivity contribution in [1.29, 1.82) is 0 Å². The third-order valence-electron chi connectivity index (χ3n) is 3.28. The minimum atomic E-state index is -0.764. The van der Waals surface area contributed by atoms with Crippen molar-refractivity contribution in [2.45, 2.75) is 39.5 Å². The fraction of sp³-hybridized carbons (Fsp3) is 0.857. The molecule has 0 saturated carbocycles. The maximum absolute atomic E-state index is 11.5. The molecule has 0 aliphatic carbocycles. The SMILES string of the molecule is COCCCNC(=O)NCCC(CCC(=O)O)C(C)C. The van der Waals surface area contributed by atoms with Gasteiger partial charge in [-0.1, -0.05) is 13.8 Å². The first-order valence-corrected chi connectivity index (χ1v) is 7.19. The highest BCUT2D eigenvalue weighted by molar-refractivity contribution is 5.73. The number of rotatable bonds is 11. The number of aliphatic carboxylic acids is 1. The summed E-state index contributed by atoms with van der Waals surface area (Å²) in [6.07, 6.45) is 2.43. The zero-order valence-corrected chi connectivity index (χ0v) is 12.8. The predicted octanol–water partition coefficient (Wildman–Crippen LogP) is 1.85. The average Bonchev–Trinajstić information content (AvgIpc) is 2.38. The molecule has 0 radical (unpaired) electrons. The third-order valence-corrected chi connectivity index (χ3v) is 3.28. The first-order valence-electron chi connectivity index (χ1n) is 7.19. The van der Waals surface area contributed by atoms with E-state index >= 15 is 0 Å². The highest BCUT2D eigenvalue weighted by atomic mass is 16.5. The van der Waals surface area contributed by atoms with Gasteiger partial charge in [0, 0.05) is 33.2 Å². The number of hydrogen-bond acceptors (Lipinski definition) is 3. The highest BCUT2D eigenvalue weighted by Crippen LogP contribution is 2.20. The van der Waals surface area contributed by atoms with Crippen molar-refractivity contribution < 1.29 is 19.4 Å². The summed E-state index contributed by atoms with van der Waals surface area (Å²) in [7, 11) is 1.63. The summed E-state index contributed by atoms with van der Waals surface area (Å²) in [5, 5.41) is 14.2. The van der Waals surface area contributed by atoms with E-state index in [4.69, 9.17) is 9.84 Å². The number of carboxylic acid groups (broad SMARTS) is 1. The van der Waals surface area contributed by atoms with Gasteiger partial charge in [-0.15, -0.1) is 0 Å². The molecule has 20 heavy (non-hydrogen) atoms. The van der Waals surface area contributed by atoms with Gasteiger partial charge < -0.3 is 20.5 Å². The molecule has 1 unspecified atom stereocenters. The Morgan fingerprint density at radius 3 is 2.35 bits per heavy atom. The van der Waals surface area contributed by atoms with Crippen LogP contribution in [0.1, 0.15) is 39.5 Å². The summed E-state index contributed by atoms with van der Waals surface area (Å²) in [5.41, 5.74) is 0. The second-order valence-corrected chi connectivity index (χ2v) is 5.25. The lowest BCUT2D eigenvalue weighted by Crippen LogP contribution is -2.37. The van der Waals surface area contributed by atoms with Crippen molar-refractivity contribution in [2.75, 3.05) is 26.8 Å². The summed E-state index contributed by atoms with van der Waals surface area (Å²) < 4.78 is 4.89. The zero-order chi connectivity index (χ0) is 15.4. The van der Waals surface area contributed by atoms with Crippen LogP contribution in [0.3, 0.4) is 0 Å². The van der Waals surface area contributed by atoms with E-state index in [0.717, 1.165) is 12.8 Å². The molecule has 0 saturated heterocycles. The van der Waals surface area contributed by atoms with Gasteiger partial charge in [0.2, 0.25) is 0 Å². The van der Waals surface area contributed by atoms with E-state index in [1.54, 1.807) is 7.11 Å². The Labute approximate surface area is 121 Å². The van der Waals surface area contributed by atoms with E-state index < -0.39 is 5.97 Å². The van der Waals surface area contributed by atoms with Gasteiger partial charge in [-0.3, -0.25) is 4.79 Å². The molecule has 2 amide bonds. The van der Waals surface area contributed by atoms with Crippen molar-refractivity contribution in [3.05, 3.63) is 0 Å². The molecule has 0 bridgehead atoms. The number of carbonyl (C=O) groups excluding carboxylic acids is 1. The van der Waals surface area contributed by atoms with Gasteiger partial charge in [0.1, 0.15) is 0 Å². The zero-order valence-electron chi connectivity index (χ0n) is 12.8. The molecule has 0 spiro atoms.